The Morgan fingerprint density at radius 1 is 1.21 bits per heavy atom. The van der Waals surface area contributed by atoms with Crippen molar-refractivity contribution < 1.29 is 17.6 Å². The smallest absolute Gasteiger partial charge is 0.269 e. The molecule has 6 nitrogen and oxygen atoms in total. The number of carbonyl (C=O) groups excluding carboxylic acids is 1. The number of benzene rings is 2. The van der Waals surface area contributed by atoms with Crippen LogP contribution < -0.4 is 10.9 Å². The van der Waals surface area contributed by atoms with Gasteiger partial charge >= 0.3 is 0 Å². The lowest BCUT2D eigenvalue weighted by atomic mass is 10.2. The van der Waals surface area contributed by atoms with Crippen molar-refractivity contribution in [1.29, 1.82) is 0 Å². The van der Waals surface area contributed by atoms with Gasteiger partial charge in [-0.1, -0.05) is 17.4 Å². The maximum Gasteiger partial charge on any atom is 0.269 e. The molecule has 0 aliphatic rings. The number of nitrogens with one attached hydrogen (secondary N) is 2. The number of aromatic nitrogens is 1. The summed E-state index contributed by atoms with van der Waals surface area (Å²) in [5.41, 5.74) is 5.89. The molecule has 0 saturated carbocycles. The van der Waals surface area contributed by atoms with Crippen LogP contribution in [0, 0.1) is 5.82 Å². The zero-order valence-electron chi connectivity index (χ0n) is 12.4. The summed E-state index contributed by atoms with van der Waals surface area (Å²) in [5, 5.41) is 0.392. The lowest BCUT2D eigenvalue weighted by Crippen LogP contribution is -2.29. The third kappa shape index (κ3) is 3.52. The van der Waals surface area contributed by atoms with Crippen LogP contribution in [0.1, 0.15) is 10.4 Å². The molecule has 9 heteroatoms. The molecule has 24 heavy (non-hydrogen) atoms. The highest BCUT2D eigenvalue weighted by atomic mass is 32.2. The average Bonchev–Trinajstić information content (AvgIpc) is 2.94. The number of halogens is 1. The Morgan fingerprint density at radius 2 is 2.00 bits per heavy atom. The van der Waals surface area contributed by atoms with E-state index >= 15 is 0 Å². The zero-order chi connectivity index (χ0) is 17.3. The van der Waals surface area contributed by atoms with Gasteiger partial charge in [-0.05, 0) is 36.4 Å². The van der Waals surface area contributed by atoms with Crippen LogP contribution in [0.2, 0.25) is 0 Å². The first-order valence-electron chi connectivity index (χ1n) is 6.75. The van der Waals surface area contributed by atoms with E-state index in [1.807, 2.05) is 0 Å². The topological polar surface area (TPSA) is 88.2 Å². The Morgan fingerprint density at radius 3 is 2.75 bits per heavy atom. The van der Waals surface area contributed by atoms with E-state index in [-0.39, 0.29) is 16.3 Å². The van der Waals surface area contributed by atoms with E-state index in [4.69, 9.17) is 0 Å². The average molecular weight is 365 g/mol. The minimum Gasteiger partial charge on any atom is -0.273 e. The van der Waals surface area contributed by atoms with Gasteiger partial charge in [0.15, 0.2) is 9.84 Å². The fourth-order valence-corrected chi connectivity index (χ4v) is 3.51. The number of hydrogen-bond acceptors (Lipinski definition) is 6. The standard InChI is InChI=1S/C15H12FN3O3S2/c1-24(21,22)11-4-2-3-9(7-11)14(20)18-19-15-17-12-6-5-10(16)8-13(12)23-15/h2-8H,1H3,(H,17,19)(H,18,20). The highest BCUT2D eigenvalue weighted by Crippen LogP contribution is 2.25. The second-order valence-electron chi connectivity index (χ2n) is 5.01. The van der Waals surface area contributed by atoms with Crippen molar-refractivity contribution in [3.8, 4) is 0 Å². The van der Waals surface area contributed by atoms with Crippen molar-refractivity contribution in [3.05, 3.63) is 53.8 Å². The van der Waals surface area contributed by atoms with Crippen molar-refractivity contribution in [1.82, 2.24) is 10.4 Å². The molecule has 3 rings (SSSR count). The molecule has 0 radical (unpaired) electrons. The second kappa shape index (κ2) is 6.17. The second-order valence-corrected chi connectivity index (χ2v) is 8.06. The normalized spacial score (nSPS) is 11.4. The summed E-state index contributed by atoms with van der Waals surface area (Å²) in [5.74, 6) is -0.870. The van der Waals surface area contributed by atoms with Crippen molar-refractivity contribution >= 4 is 42.4 Å². The van der Waals surface area contributed by atoms with Crippen LogP contribution in [-0.2, 0) is 9.84 Å². The third-order valence-corrected chi connectivity index (χ3v) is 5.20. The Hall–Kier alpha value is -2.52. The molecular weight excluding hydrogens is 353 g/mol. The first kappa shape index (κ1) is 16.3. The van der Waals surface area contributed by atoms with Crippen LogP contribution in [0.4, 0.5) is 9.52 Å². The molecular formula is C15H12FN3O3S2. The molecule has 0 fully saturated rings. The largest absolute Gasteiger partial charge is 0.273 e. The van der Waals surface area contributed by atoms with Crippen molar-refractivity contribution in [2.45, 2.75) is 4.90 Å². The minimum atomic E-state index is -3.39. The van der Waals surface area contributed by atoms with Gasteiger partial charge in [0.05, 0.1) is 15.1 Å². The number of sulfone groups is 1. The molecule has 0 atom stereocenters. The van der Waals surface area contributed by atoms with Gasteiger partial charge in [-0.2, -0.15) is 0 Å². The first-order chi connectivity index (χ1) is 11.3. The summed E-state index contributed by atoms with van der Waals surface area (Å²) in [7, 11) is -3.39. The van der Waals surface area contributed by atoms with Crippen LogP contribution in [0.15, 0.2) is 47.4 Å². The number of hydrogen-bond donors (Lipinski definition) is 2. The summed E-state index contributed by atoms with van der Waals surface area (Å²) < 4.78 is 36.9. The molecule has 0 aliphatic heterocycles. The number of nitrogens with zero attached hydrogens (tertiary/aromatic N) is 1. The first-order valence-corrected chi connectivity index (χ1v) is 9.46. The van der Waals surface area contributed by atoms with E-state index in [0.717, 1.165) is 6.26 Å². The molecule has 3 aromatic rings. The monoisotopic (exact) mass is 365 g/mol. The highest BCUT2D eigenvalue weighted by molar-refractivity contribution is 7.90. The fourth-order valence-electron chi connectivity index (χ4n) is 2.00. The van der Waals surface area contributed by atoms with Gasteiger partial charge in [0.1, 0.15) is 5.82 Å². The van der Waals surface area contributed by atoms with Crippen LogP contribution in [-0.4, -0.2) is 25.6 Å². The summed E-state index contributed by atoms with van der Waals surface area (Å²) in [6, 6.07) is 9.91. The lowest BCUT2D eigenvalue weighted by molar-refractivity contribution is 0.0962. The Bertz CT molecular complexity index is 1030. The highest BCUT2D eigenvalue weighted by Gasteiger charge is 2.12. The quantitative estimate of drug-likeness (QED) is 0.694. The van der Waals surface area contributed by atoms with Gasteiger partial charge < -0.3 is 0 Å². The number of amides is 1. The molecule has 0 spiro atoms. The molecule has 2 N–H and O–H groups in total. The van der Waals surface area contributed by atoms with E-state index in [2.05, 4.69) is 15.8 Å². The zero-order valence-corrected chi connectivity index (χ0v) is 14.0. The molecule has 0 bridgehead atoms. The van der Waals surface area contributed by atoms with Crippen LogP contribution in [0.5, 0.6) is 0 Å². The van der Waals surface area contributed by atoms with Gasteiger partial charge in [-0.15, -0.1) is 0 Å². The number of anilines is 1. The molecule has 1 amide bonds. The molecule has 0 saturated heterocycles. The minimum absolute atomic E-state index is 0.0608. The molecule has 124 valence electrons. The van der Waals surface area contributed by atoms with Gasteiger partial charge in [-0.25, -0.2) is 17.8 Å². The molecule has 2 aromatic carbocycles. The number of hydrazine groups is 1. The maximum absolute atomic E-state index is 13.2. The van der Waals surface area contributed by atoms with E-state index in [1.165, 1.54) is 47.7 Å². The fraction of sp³-hybridized carbons (Fsp3) is 0.0667. The Labute approximate surface area is 141 Å². The predicted octanol–water partition coefficient (Wildman–Crippen LogP) is 2.60. The maximum atomic E-state index is 13.2. The van der Waals surface area contributed by atoms with Crippen molar-refractivity contribution in [3.63, 3.8) is 0 Å². The summed E-state index contributed by atoms with van der Waals surface area (Å²) >= 11 is 1.18. The van der Waals surface area contributed by atoms with Crippen LogP contribution in [0.25, 0.3) is 10.2 Å². The summed E-state index contributed by atoms with van der Waals surface area (Å²) in [6.07, 6.45) is 1.07. The number of carbonyl (C=O) groups is 1. The van der Waals surface area contributed by atoms with Gasteiger partial charge in [0, 0.05) is 11.8 Å². The summed E-state index contributed by atoms with van der Waals surface area (Å²) in [4.78, 5) is 16.4. The number of thiazole rings is 1. The number of fused-ring (bicyclic) bond motifs is 1. The molecule has 0 unspecified atom stereocenters. The Balaban J connectivity index is 1.75. The Kier molecular flexibility index (Phi) is 4.20. The number of rotatable bonds is 4. The molecule has 0 aliphatic carbocycles. The molecule has 1 heterocycles. The van der Waals surface area contributed by atoms with Crippen molar-refractivity contribution in [2.24, 2.45) is 0 Å². The molecule has 1 aromatic heterocycles. The SMILES string of the molecule is CS(=O)(=O)c1cccc(C(=O)NNc2nc3ccc(F)cc3s2)c1. The van der Waals surface area contributed by atoms with E-state index in [9.17, 15) is 17.6 Å². The van der Waals surface area contributed by atoms with E-state index < -0.39 is 15.7 Å². The van der Waals surface area contributed by atoms with Gasteiger partial charge in [-0.3, -0.25) is 15.6 Å². The van der Waals surface area contributed by atoms with Gasteiger partial charge in [0.2, 0.25) is 5.13 Å². The third-order valence-electron chi connectivity index (χ3n) is 3.16. The van der Waals surface area contributed by atoms with Crippen LogP contribution in [0.3, 0.4) is 0 Å². The summed E-state index contributed by atoms with van der Waals surface area (Å²) in [6.45, 7) is 0. The van der Waals surface area contributed by atoms with Crippen LogP contribution >= 0.6 is 11.3 Å². The van der Waals surface area contributed by atoms with Gasteiger partial charge in [0.25, 0.3) is 5.91 Å². The van der Waals surface area contributed by atoms with E-state index in [1.54, 1.807) is 6.07 Å². The lowest BCUT2D eigenvalue weighted by Gasteiger charge is -2.06. The van der Waals surface area contributed by atoms with E-state index in [0.29, 0.717) is 15.3 Å². The predicted molar refractivity (Wildman–Crippen MR) is 90.2 cm³/mol. The van der Waals surface area contributed by atoms with Crippen molar-refractivity contribution in [2.75, 3.05) is 11.7 Å².